The molecule has 3 aromatic heterocycles. The van der Waals surface area contributed by atoms with Crippen molar-refractivity contribution < 1.29 is 0 Å². The molecule has 3 aromatic rings. The van der Waals surface area contributed by atoms with Crippen LogP contribution in [0.2, 0.25) is 0 Å². The minimum absolute atomic E-state index is 0.316. The second-order valence-corrected chi connectivity index (χ2v) is 5.53. The summed E-state index contributed by atoms with van der Waals surface area (Å²) in [6.07, 6.45) is 3.39. The molecule has 0 saturated carbocycles. The van der Waals surface area contributed by atoms with Crippen molar-refractivity contribution in [3.05, 3.63) is 41.6 Å². The highest BCUT2D eigenvalue weighted by Gasteiger charge is 2.30. The van der Waals surface area contributed by atoms with Gasteiger partial charge in [0.1, 0.15) is 6.07 Å². The second-order valence-electron chi connectivity index (χ2n) is 5.53. The van der Waals surface area contributed by atoms with Crippen LogP contribution < -0.4 is 0 Å². The van der Waals surface area contributed by atoms with Crippen LogP contribution in [0.25, 0.3) is 5.65 Å². The van der Waals surface area contributed by atoms with Crippen LogP contribution in [0, 0.1) is 18.3 Å². The molecule has 0 aromatic carbocycles. The number of aryl methyl sites for hydroxylation is 1. The number of hydrogen-bond donors (Lipinski definition) is 0. The van der Waals surface area contributed by atoms with Crippen LogP contribution in [-0.4, -0.2) is 47.6 Å². The zero-order chi connectivity index (χ0) is 15.1. The lowest BCUT2D eigenvalue weighted by Crippen LogP contribution is -2.47. The maximum atomic E-state index is 8.83. The summed E-state index contributed by atoms with van der Waals surface area (Å²) in [5.74, 6) is 0.843. The third kappa shape index (κ3) is 2.12. The van der Waals surface area contributed by atoms with Crippen LogP contribution in [0.5, 0.6) is 0 Å². The van der Waals surface area contributed by atoms with E-state index < -0.39 is 0 Å². The van der Waals surface area contributed by atoms with E-state index in [1.54, 1.807) is 16.9 Å². The average Bonchev–Trinajstić information content (AvgIpc) is 3.09. The molecular weight excluding hydrogens is 280 g/mol. The molecule has 110 valence electrons. The second kappa shape index (κ2) is 4.89. The van der Waals surface area contributed by atoms with Gasteiger partial charge in [0.2, 0.25) is 0 Å². The van der Waals surface area contributed by atoms with Gasteiger partial charge in [-0.3, -0.25) is 9.58 Å². The fraction of sp³-hybridized carbons (Fsp3) is 0.357. The van der Waals surface area contributed by atoms with Crippen molar-refractivity contribution in [3.8, 4) is 6.07 Å². The van der Waals surface area contributed by atoms with E-state index in [2.05, 4.69) is 31.4 Å². The first kappa shape index (κ1) is 12.9. The lowest BCUT2D eigenvalue weighted by Gasteiger charge is -2.38. The van der Waals surface area contributed by atoms with E-state index in [0.29, 0.717) is 18.2 Å². The van der Waals surface area contributed by atoms with Crippen molar-refractivity contribution in [2.45, 2.75) is 19.5 Å². The summed E-state index contributed by atoms with van der Waals surface area (Å²) in [6, 6.07) is 6.26. The third-order valence-electron chi connectivity index (χ3n) is 3.87. The van der Waals surface area contributed by atoms with Gasteiger partial charge < -0.3 is 0 Å². The molecule has 4 heterocycles. The smallest absolute Gasteiger partial charge is 0.177 e. The van der Waals surface area contributed by atoms with Crippen LogP contribution in [0.3, 0.4) is 0 Å². The Morgan fingerprint density at radius 1 is 1.32 bits per heavy atom. The molecule has 0 spiro atoms. The average molecular weight is 294 g/mol. The number of aromatic nitrogens is 6. The van der Waals surface area contributed by atoms with Gasteiger partial charge in [0.15, 0.2) is 11.5 Å². The van der Waals surface area contributed by atoms with Crippen molar-refractivity contribution in [2.75, 3.05) is 13.1 Å². The number of nitriles is 1. The Balaban J connectivity index is 1.45. The van der Waals surface area contributed by atoms with Gasteiger partial charge in [-0.25, -0.2) is 0 Å². The monoisotopic (exact) mass is 294 g/mol. The van der Waals surface area contributed by atoms with E-state index in [0.717, 1.165) is 30.3 Å². The van der Waals surface area contributed by atoms with Gasteiger partial charge in [0.25, 0.3) is 0 Å². The van der Waals surface area contributed by atoms with Crippen molar-refractivity contribution in [1.29, 1.82) is 5.26 Å². The van der Waals surface area contributed by atoms with E-state index >= 15 is 0 Å². The molecule has 4 rings (SSSR count). The minimum Gasteiger partial charge on any atom is -0.291 e. The number of rotatable bonds is 3. The first-order valence-corrected chi connectivity index (χ1v) is 7.07. The van der Waals surface area contributed by atoms with Gasteiger partial charge in [-0.2, -0.15) is 20.0 Å². The zero-order valence-electron chi connectivity index (χ0n) is 12.1. The lowest BCUT2D eigenvalue weighted by molar-refractivity contribution is 0.0873. The van der Waals surface area contributed by atoms with Gasteiger partial charge in [-0.15, -0.1) is 10.2 Å². The summed E-state index contributed by atoms with van der Waals surface area (Å²) >= 11 is 0. The normalized spacial score (nSPS) is 15.8. The Kier molecular flexibility index (Phi) is 2.87. The molecule has 1 aliphatic heterocycles. The predicted octanol–water partition coefficient (Wildman–Crippen LogP) is 0.558. The molecule has 1 saturated heterocycles. The van der Waals surface area contributed by atoms with Gasteiger partial charge in [-0.05, 0) is 19.1 Å². The van der Waals surface area contributed by atoms with Crippen molar-refractivity contribution in [1.82, 2.24) is 34.5 Å². The van der Waals surface area contributed by atoms with Gasteiger partial charge in [0.05, 0.1) is 30.0 Å². The molecule has 0 N–H and O–H groups in total. The summed E-state index contributed by atoms with van der Waals surface area (Å²) in [5, 5.41) is 25.9. The quantitative estimate of drug-likeness (QED) is 0.701. The number of fused-ring (bicyclic) bond motifs is 1. The Hall–Kier alpha value is -2.79. The molecule has 8 heteroatoms. The molecule has 0 bridgehead atoms. The van der Waals surface area contributed by atoms with Gasteiger partial charge >= 0.3 is 0 Å². The highest BCUT2D eigenvalue weighted by Crippen LogP contribution is 2.22. The molecule has 8 nitrogen and oxygen atoms in total. The van der Waals surface area contributed by atoms with E-state index in [1.165, 1.54) is 0 Å². The number of likely N-dealkylation sites (tertiary alicyclic amines) is 1. The first-order valence-electron chi connectivity index (χ1n) is 7.07. The molecule has 0 unspecified atom stereocenters. The maximum absolute atomic E-state index is 8.83. The number of hydrogen-bond acceptors (Lipinski definition) is 6. The predicted molar refractivity (Wildman–Crippen MR) is 76.8 cm³/mol. The van der Waals surface area contributed by atoms with Crippen molar-refractivity contribution >= 4 is 5.65 Å². The Morgan fingerprint density at radius 2 is 2.18 bits per heavy atom. The third-order valence-corrected chi connectivity index (χ3v) is 3.87. The van der Waals surface area contributed by atoms with Gasteiger partial charge in [0, 0.05) is 19.3 Å². The summed E-state index contributed by atoms with van der Waals surface area (Å²) < 4.78 is 3.66. The van der Waals surface area contributed by atoms with E-state index in [1.807, 2.05) is 23.7 Å². The summed E-state index contributed by atoms with van der Waals surface area (Å²) in [6.45, 7) is 4.43. The van der Waals surface area contributed by atoms with E-state index in [9.17, 15) is 0 Å². The summed E-state index contributed by atoms with van der Waals surface area (Å²) in [7, 11) is 0. The molecule has 1 fully saturated rings. The highest BCUT2D eigenvalue weighted by molar-refractivity contribution is 5.36. The summed E-state index contributed by atoms with van der Waals surface area (Å²) in [5.41, 5.74) is 2.31. The van der Waals surface area contributed by atoms with Gasteiger partial charge in [-0.1, -0.05) is 0 Å². The zero-order valence-corrected chi connectivity index (χ0v) is 12.1. The molecule has 0 radical (unpaired) electrons. The topological polar surface area (TPSA) is 87.9 Å². The minimum atomic E-state index is 0.316. The number of nitrogens with zero attached hydrogens (tertiary/aromatic N) is 8. The molecule has 0 atom stereocenters. The molecular formula is C14H14N8. The molecule has 22 heavy (non-hydrogen) atoms. The fourth-order valence-electron chi connectivity index (χ4n) is 2.66. The Morgan fingerprint density at radius 3 is 2.95 bits per heavy atom. The molecule has 0 aliphatic carbocycles. The van der Waals surface area contributed by atoms with Crippen LogP contribution in [0.1, 0.15) is 23.1 Å². The molecule has 0 amide bonds. The van der Waals surface area contributed by atoms with Crippen LogP contribution in [0.4, 0.5) is 0 Å². The van der Waals surface area contributed by atoms with Crippen molar-refractivity contribution in [3.63, 3.8) is 0 Å². The summed E-state index contributed by atoms with van der Waals surface area (Å²) in [4.78, 5) is 2.26. The van der Waals surface area contributed by atoms with Crippen molar-refractivity contribution in [2.24, 2.45) is 0 Å². The van der Waals surface area contributed by atoms with Crippen LogP contribution in [-0.2, 0) is 6.54 Å². The Labute approximate surface area is 126 Å². The molecule has 1 aliphatic rings. The standard InChI is InChI=1S/C14H14N8/c1-10-2-3-13-17-18-14(22(13)19-10)9-20-7-12(8-20)21-6-11(4-15)5-16-21/h2-3,5-6,12H,7-9H2,1H3. The Bertz CT molecular complexity index is 864. The van der Waals surface area contributed by atoms with E-state index in [-0.39, 0.29) is 0 Å². The highest BCUT2D eigenvalue weighted by atomic mass is 15.4. The first-order chi connectivity index (χ1) is 10.7. The SMILES string of the molecule is Cc1ccc2nnc(CN3CC(n4cc(C#N)cn4)C3)n2n1. The fourth-order valence-corrected chi connectivity index (χ4v) is 2.66. The maximum Gasteiger partial charge on any atom is 0.177 e. The van der Waals surface area contributed by atoms with E-state index in [4.69, 9.17) is 5.26 Å². The van der Waals surface area contributed by atoms with Crippen LogP contribution >= 0.6 is 0 Å². The largest absolute Gasteiger partial charge is 0.291 e. The lowest BCUT2D eigenvalue weighted by atomic mass is 10.1. The van der Waals surface area contributed by atoms with Crippen LogP contribution in [0.15, 0.2) is 24.5 Å².